The van der Waals surface area contributed by atoms with Gasteiger partial charge < -0.3 is 9.47 Å². The highest BCUT2D eigenvalue weighted by Crippen LogP contribution is 2.27. The van der Waals surface area contributed by atoms with Crippen LogP contribution in [0, 0.1) is 11.3 Å². The molecule has 0 fully saturated rings. The monoisotopic (exact) mass is 272 g/mol. The van der Waals surface area contributed by atoms with Gasteiger partial charge in [-0.25, -0.2) is 4.68 Å². The molecule has 0 radical (unpaired) electrons. The van der Waals surface area contributed by atoms with Crippen molar-refractivity contribution in [3.63, 3.8) is 0 Å². The molecule has 1 aromatic carbocycles. The molecule has 0 spiro atoms. The fraction of sp³-hybridized carbons (Fsp3) is 0.357. The molecule has 2 aromatic rings. The first-order valence-electron chi connectivity index (χ1n) is 6.27. The van der Waals surface area contributed by atoms with Crippen LogP contribution >= 0.6 is 0 Å². The number of ether oxygens (including phenoxy) is 2. The molecule has 6 nitrogen and oxygen atoms in total. The Hall–Kier alpha value is -2.55. The van der Waals surface area contributed by atoms with Gasteiger partial charge in [0.25, 0.3) is 0 Å². The second-order valence-corrected chi connectivity index (χ2v) is 4.47. The predicted octanol–water partition coefficient (Wildman–Crippen LogP) is 2.32. The summed E-state index contributed by atoms with van der Waals surface area (Å²) >= 11 is 0. The lowest BCUT2D eigenvalue weighted by Crippen LogP contribution is -2.11. The van der Waals surface area contributed by atoms with Gasteiger partial charge in [-0.05, 0) is 26.0 Å². The molecule has 6 heteroatoms. The van der Waals surface area contributed by atoms with Crippen molar-refractivity contribution in [2.24, 2.45) is 0 Å². The van der Waals surface area contributed by atoms with Crippen LogP contribution < -0.4 is 9.47 Å². The highest BCUT2D eigenvalue weighted by molar-refractivity contribution is 5.39. The fourth-order valence-electron chi connectivity index (χ4n) is 1.83. The summed E-state index contributed by atoms with van der Waals surface area (Å²) in [7, 11) is 1.59. The fourth-order valence-corrected chi connectivity index (χ4v) is 1.83. The Morgan fingerprint density at radius 1 is 1.30 bits per heavy atom. The average Bonchev–Trinajstić information content (AvgIpc) is 2.88. The van der Waals surface area contributed by atoms with Gasteiger partial charge in [-0.2, -0.15) is 5.26 Å². The van der Waals surface area contributed by atoms with Crippen molar-refractivity contribution in [2.75, 3.05) is 7.11 Å². The van der Waals surface area contributed by atoms with Crippen LogP contribution in [0.4, 0.5) is 0 Å². The maximum absolute atomic E-state index is 9.07. The molecule has 1 heterocycles. The van der Waals surface area contributed by atoms with Crippen LogP contribution in [-0.4, -0.2) is 22.1 Å². The molecule has 0 amide bonds. The summed E-state index contributed by atoms with van der Waals surface area (Å²) in [6.45, 7) is 4.17. The van der Waals surface area contributed by atoms with Crippen molar-refractivity contribution in [2.45, 2.75) is 26.5 Å². The van der Waals surface area contributed by atoms with E-state index in [-0.39, 0.29) is 18.3 Å². The minimum Gasteiger partial charge on any atom is -0.493 e. The first-order chi connectivity index (χ1) is 9.67. The van der Waals surface area contributed by atoms with Crippen LogP contribution in [0.5, 0.6) is 11.5 Å². The van der Waals surface area contributed by atoms with Gasteiger partial charge in [-0.15, -0.1) is 5.10 Å². The van der Waals surface area contributed by atoms with Crippen LogP contribution in [0.15, 0.2) is 24.3 Å². The highest BCUT2D eigenvalue weighted by atomic mass is 16.5. The van der Waals surface area contributed by atoms with E-state index in [1.807, 2.05) is 44.2 Å². The Balaban J connectivity index is 2.23. The summed E-state index contributed by atoms with van der Waals surface area (Å²) in [4.78, 5) is 0. The summed E-state index contributed by atoms with van der Waals surface area (Å²) in [6, 6.07) is 9.50. The van der Waals surface area contributed by atoms with E-state index in [2.05, 4.69) is 10.3 Å². The van der Waals surface area contributed by atoms with Gasteiger partial charge in [0, 0.05) is 6.04 Å². The molecular formula is C14H16N4O2. The summed E-state index contributed by atoms with van der Waals surface area (Å²) in [5.74, 6) is 1.27. The van der Waals surface area contributed by atoms with Crippen LogP contribution in [0.3, 0.4) is 0 Å². The lowest BCUT2D eigenvalue weighted by molar-refractivity contribution is 0.270. The number of para-hydroxylation sites is 2. The molecule has 0 aliphatic heterocycles. The summed E-state index contributed by atoms with van der Waals surface area (Å²) in [6.07, 6.45) is 0. The number of rotatable bonds is 5. The zero-order chi connectivity index (χ0) is 14.5. The maximum atomic E-state index is 9.07. The van der Waals surface area contributed by atoms with Crippen molar-refractivity contribution < 1.29 is 9.47 Å². The third kappa shape index (κ3) is 2.72. The van der Waals surface area contributed by atoms with E-state index in [1.54, 1.807) is 11.8 Å². The van der Waals surface area contributed by atoms with E-state index in [0.29, 0.717) is 17.2 Å². The van der Waals surface area contributed by atoms with E-state index in [0.717, 1.165) is 0 Å². The molecule has 0 aliphatic rings. The third-order valence-electron chi connectivity index (χ3n) is 2.82. The summed E-state index contributed by atoms with van der Waals surface area (Å²) in [5.41, 5.74) is 0.946. The molecule has 1 aromatic heterocycles. The highest BCUT2D eigenvalue weighted by Gasteiger charge is 2.16. The third-order valence-corrected chi connectivity index (χ3v) is 2.82. The van der Waals surface area contributed by atoms with Crippen LogP contribution in [0.1, 0.15) is 31.3 Å². The SMILES string of the molecule is COc1ccccc1OCc1c(C#N)nnn1C(C)C. The molecule has 0 aliphatic carbocycles. The molecule has 0 bridgehead atoms. The first kappa shape index (κ1) is 13.9. The summed E-state index contributed by atoms with van der Waals surface area (Å²) < 4.78 is 12.6. The largest absolute Gasteiger partial charge is 0.493 e. The van der Waals surface area contributed by atoms with E-state index in [9.17, 15) is 0 Å². The molecule has 0 unspecified atom stereocenters. The Kier molecular flexibility index (Phi) is 4.20. The smallest absolute Gasteiger partial charge is 0.189 e. The van der Waals surface area contributed by atoms with E-state index < -0.39 is 0 Å². The number of nitrogens with zero attached hydrogens (tertiary/aromatic N) is 4. The molecule has 0 saturated heterocycles. The maximum Gasteiger partial charge on any atom is 0.189 e. The minimum atomic E-state index is 0.112. The molecule has 0 N–H and O–H groups in total. The quantitative estimate of drug-likeness (QED) is 0.835. The zero-order valence-electron chi connectivity index (χ0n) is 11.7. The zero-order valence-corrected chi connectivity index (χ0v) is 11.7. The normalized spacial score (nSPS) is 10.3. The van der Waals surface area contributed by atoms with Gasteiger partial charge in [0.05, 0.1) is 7.11 Å². The Bertz CT molecular complexity index is 628. The van der Waals surface area contributed by atoms with Gasteiger partial charge in [0.2, 0.25) is 0 Å². The Labute approximate surface area is 117 Å². The number of nitriles is 1. The Morgan fingerprint density at radius 2 is 2.00 bits per heavy atom. The number of benzene rings is 1. The number of methoxy groups -OCH3 is 1. The van der Waals surface area contributed by atoms with Gasteiger partial charge in [-0.3, -0.25) is 0 Å². The van der Waals surface area contributed by atoms with E-state index in [4.69, 9.17) is 14.7 Å². The first-order valence-corrected chi connectivity index (χ1v) is 6.27. The second kappa shape index (κ2) is 6.06. The van der Waals surface area contributed by atoms with Crippen LogP contribution in [-0.2, 0) is 6.61 Å². The topological polar surface area (TPSA) is 73.0 Å². The van der Waals surface area contributed by atoms with Crippen molar-refractivity contribution in [1.82, 2.24) is 15.0 Å². The molecular weight excluding hydrogens is 256 g/mol. The Morgan fingerprint density at radius 3 is 2.60 bits per heavy atom. The van der Waals surface area contributed by atoms with Crippen LogP contribution in [0.25, 0.3) is 0 Å². The van der Waals surface area contributed by atoms with Crippen LogP contribution in [0.2, 0.25) is 0 Å². The number of hydrogen-bond donors (Lipinski definition) is 0. The van der Waals surface area contributed by atoms with Gasteiger partial charge in [0.15, 0.2) is 17.2 Å². The molecule has 2 rings (SSSR count). The lowest BCUT2D eigenvalue weighted by Gasteiger charge is -2.12. The van der Waals surface area contributed by atoms with E-state index in [1.165, 1.54) is 0 Å². The van der Waals surface area contributed by atoms with Crippen molar-refractivity contribution in [3.8, 4) is 17.6 Å². The van der Waals surface area contributed by atoms with Gasteiger partial charge in [-0.1, -0.05) is 17.3 Å². The molecule has 20 heavy (non-hydrogen) atoms. The molecule has 0 saturated carbocycles. The second-order valence-electron chi connectivity index (χ2n) is 4.47. The number of aromatic nitrogens is 3. The molecule has 0 atom stereocenters. The standard InChI is InChI=1S/C14H16N4O2/c1-10(2)18-12(11(8-15)16-17-18)9-20-14-7-5-4-6-13(14)19-3/h4-7,10H,9H2,1-3H3. The average molecular weight is 272 g/mol. The molecule has 104 valence electrons. The van der Waals surface area contributed by atoms with Gasteiger partial charge in [0.1, 0.15) is 18.4 Å². The predicted molar refractivity (Wildman–Crippen MR) is 72.4 cm³/mol. The number of hydrogen-bond acceptors (Lipinski definition) is 5. The summed E-state index contributed by atoms with van der Waals surface area (Å²) in [5, 5.41) is 16.9. The van der Waals surface area contributed by atoms with Crippen molar-refractivity contribution in [3.05, 3.63) is 35.7 Å². The van der Waals surface area contributed by atoms with Gasteiger partial charge >= 0.3 is 0 Å². The van der Waals surface area contributed by atoms with Crippen molar-refractivity contribution in [1.29, 1.82) is 5.26 Å². The minimum absolute atomic E-state index is 0.112. The van der Waals surface area contributed by atoms with Crippen molar-refractivity contribution >= 4 is 0 Å². The lowest BCUT2D eigenvalue weighted by atomic mass is 10.3. The van der Waals surface area contributed by atoms with E-state index >= 15 is 0 Å².